The molecule has 0 bridgehead atoms. The Balaban J connectivity index is 1.34. The van der Waals surface area contributed by atoms with Gasteiger partial charge in [0.15, 0.2) is 0 Å². The largest absolute Gasteiger partial charge is 0.417 e. The second kappa shape index (κ2) is 13.6. The molecule has 10 aromatic rings. The zero-order valence-corrected chi connectivity index (χ0v) is 32.6. The average molecular weight is 772 g/mol. The Morgan fingerprint density at radius 3 is 1.44 bits per heavy atom. The van der Waals surface area contributed by atoms with Gasteiger partial charge in [0.2, 0.25) is 0 Å². The summed E-state index contributed by atoms with van der Waals surface area (Å²) < 4.78 is 49.9. The lowest BCUT2D eigenvalue weighted by molar-refractivity contribution is -0.137. The molecule has 0 aliphatic heterocycles. The molecule has 2 heterocycles. The first kappa shape index (κ1) is 36.0. The zero-order valence-electron chi connectivity index (χ0n) is 32.6. The maximum atomic E-state index is 15.3. The minimum absolute atomic E-state index is 0.0717. The van der Waals surface area contributed by atoms with Crippen LogP contribution in [-0.2, 0) is 6.18 Å². The third-order valence-electron chi connectivity index (χ3n) is 11.7. The minimum atomic E-state index is -4.65. The van der Waals surface area contributed by atoms with Crippen LogP contribution in [0.4, 0.5) is 13.2 Å². The molecule has 8 aromatic carbocycles. The SMILES string of the molecule is Cc1ccc(-c2ccc3c4ccccc4n(-c4cc(-c5c(C)cccc5C(F)(F)F)c(-n5c6ccccc6c6ccc(-c7ccc(C)cc7)cc65)cc4C#N)c3c2)cc1. The molecule has 0 N–H and O–H groups in total. The molecular weight excluding hydrogens is 736 g/mol. The van der Waals surface area contributed by atoms with Crippen molar-refractivity contribution < 1.29 is 13.2 Å². The van der Waals surface area contributed by atoms with Crippen molar-refractivity contribution in [2.75, 3.05) is 0 Å². The molecule has 59 heavy (non-hydrogen) atoms. The predicted octanol–water partition coefficient (Wildman–Crippen LogP) is 14.7. The molecule has 0 atom stereocenters. The van der Waals surface area contributed by atoms with Crippen LogP contribution < -0.4 is 0 Å². The van der Waals surface area contributed by atoms with Gasteiger partial charge in [-0.25, -0.2) is 0 Å². The van der Waals surface area contributed by atoms with Crippen molar-refractivity contribution in [2.45, 2.75) is 26.9 Å². The predicted molar refractivity (Wildman–Crippen MR) is 235 cm³/mol. The van der Waals surface area contributed by atoms with E-state index < -0.39 is 11.7 Å². The van der Waals surface area contributed by atoms with E-state index in [9.17, 15) is 5.26 Å². The summed E-state index contributed by atoms with van der Waals surface area (Å²) in [5.41, 5.74) is 11.2. The first-order valence-electron chi connectivity index (χ1n) is 19.6. The Morgan fingerprint density at radius 1 is 0.458 bits per heavy atom. The van der Waals surface area contributed by atoms with Crippen molar-refractivity contribution in [1.82, 2.24) is 9.13 Å². The Kier molecular flexibility index (Phi) is 8.33. The van der Waals surface area contributed by atoms with Gasteiger partial charge < -0.3 is 9.13 Å². The number of hydrogen-bond donors (Lipinski definition) is 0. The minimum Gasteiger partial charge on any atom is -0.309 e. The van der Waals surface area contributed by atoms with E-state index in [1.165, 1.54) is 6.07 Å². The van der Waals surface area contributed by atoms with Crippen molar-refractivity contribution >= 4 is 43.6 Å². The van der Waals surface area contributed by atoms with Gasteiger partial charge in [0.05, 0.1) is 44.6 Å². The van der Waals surface area contributed by atoms with E-state index in [1.54, 1.807) is 25.1 Å². The highest BCUT2D eigenvalue weighted by molar-refractivity contribution is 6.12. The van der Waals surface area contributed by atoms with Gasteiger partial charge in [-0.05, 0) is 96.6 Å². The summed E-state index contributed by atoms with van der Waals surface area (Å²) in [5.74, 6) is 0. The summed E-state index contributed by atoms with van der Waals surface area (Å²) in [4.78, 5) is 0. The molecule has 0 unspecified atom stereocenters. The summed E-state index contributed by atoms with van der Waals surface area (Å²) >= 11 is 0. The van der Waals surface area contributed by atoms with E-state index in [1.807, 2.05) is 64.6 Å². The monoisotopic (exact) mass is 771 g/mol. The molecular formula is C53H36F3N3. The van der Waals surface area contributed by atoms with Gasteiger partial charge in [-0.15, -0.1) is 0 Å². The number of para-hydroxylation sites is 2. The van der Waals surface area contributed by atoms with Crippen LogP contribution in [0.3, 0.4) is 0 Å². The van der Waals surface area contributed by atoms with Crippen LogP contribution in [0.25, 0.3) is 88.4 Å². The molecule has 0 aliphatic rings. The van der Waals surface area contributed by atoms with Crippen LogP contribution in [0.5, 0.6) is 0 Å². The topological polar surface area (TPSA) is 33.6 Å². The molecule has 2 aromatic heterocycles. The molecule has 0 saturated heterocycles. The summed E-state index contributed by atoms with van der Waals surface area (Å²) in [6, 6.07) is 55.6. The third-order valence-corrected chi connectivity index (χ3v) is 11.7. The second-order valence-corrected chi connectivity index (χ2v) is 15.4. The Hall–Kier alpha value is -7.36. The maximum Gasteiger partial charge on any atom is 0.417 e. The van der Waals surface area contributed by atoms with E-state index in [0.717, 1.165) is 83.1 Å². The molecule has 10 rings (SSSR count). The number of aromatic nitrogens is 2. The smallest absolute Gasteiger partial charge is 0.309 e. The van der Waals surface area contributed by atoms with E-state index in [4.69, 9.17) is 0 Å². The number of nitrogens with zero attached hydrogens (tertiary/aromatic N) is 3. The fraction of sp³-hybridized carbons (Fsp3) is 0.0755. The standard InChI is InChI=1S/C53H36F3N3/c1-32-15-19-35(20-16-32)37-23-25-42-40-10-4-6-13-46(40)58(49(42)27-37)48-30-44(52-34(3)9-8-12-45(52)53(54,55)56)51(29-39(48)31-57)59-47-14-7-5-11-41(47)43-26-24-38(28-50(43)59)36-21-17-33(2)18-22-36/h4-30H,1-3H3. The van der Waals surface area contributed by atoms with Crippen LogP contribution >= 0.6 is 0 Å². The fourth-order valence-corrected chi connectivity index (χ4v) is 8.81. The number of nitriles is 1. The number of benzene rings is 8. The highest BCUT2D eigenvalue weighted by atomic mass is 19.4. The molecule has 284 valence electrons. The molecule has 3 nitrogen and oxygen atoms in total. The number of halogens is 3. The van der Waals surface area contributed by atoms with Gasteiger partial charge in [0.1, 0.15) is 6.07 Å². The quantitative estimate of drug-likeness (QED) is 0.172. The molecule has 0 amide bonds. The molecule has 6 heteroatoms. The van der Waals surface area contributed by atoms with Crippen molar-refractivity contribution in [1.29, 1.82) is 5.26 Å². The number of hydrogen-bond acceptors (Lipinski definition) is 1. The second-order valence-electron chi connectivity index (χ2n) is 15.4. The van der Waals surface area contributed by atoms with Crippen molar-refractivity contribution in [3.63, 3.8) is 0 Å². The highest BCUT2D eigenvalue weighted by Crippen LogP contribution is 2.46. The van der Waals surface area contributed by atoms with Crippen molar-refractivity contribution in [3.8, 4) is 50.8 Å². The summed E-state index contributed by atoms with van der Waals surface area (Å²) in [6.07, 6.45) is -4.65. The highest BCUT2D eigenvalue weighted by Gasteiger charge is 2.35. The van der Waals surface area contributed by atoms with E-state index >= 15 is 13.2 Å². The Bertz CT molecular complexity index is 3340. The third kappa shape index (κ3) is 5.89. The first-order chi connectivity index (χ1) is 28.6. The summed E-state index contributed by atoms with van der Waals surface area (Å²) in [6.45, 7) is 5.82. The number of fused-ring (bicyclic) bond motifs is 6. The van der Waals surface area contributed by atoms with Gasteiger partial charge in [0, 0.05) is 27.1 Å². The zero-order chi connectivity index (χ0) is 40.6. The summed E-state index contributed by atoms with van der Waals surface area (Å²) in [7, 11) is 0. The maximum absolute atomic E-state index is 15.3. The normalized spacial score (nSPS) is 11.9. The van der Waals surface area contributed by atoms with Crippen LogP contribution in [0.2, 0.25) is 0 Å². The van der Waals surface area contributed by atoms with Crippen LogP contribution in [0, 0.1) is 32.1 Å². The van der Waals surface area contributed by atoms with Crippen LogP contribution in [0.1, 0.15) is 27.8 Å². The Morgan fingerprint density at radius 2 is 0.932 bits per heavy atom. The van der Waals surface area contributed by atoms with Crippen LogP contribution in [0.15, 0.2) is 164 Å². The lowest BCUT2D eigenvalue weighted by Gasteiger charge is -2.22. The lowest BCUT2D eigenvalue weighted by Crippen LogP contribution is -2.10. The summed E-state index contributed by atoms with van der Waals surface area (Å²) in [5, 5.41) is 15.0. The van der Waals surface area contributed by atoms with E-state index in [0.29, 0.717) is 28.1 Å². The first-order valence-corrected chi connectivity index (χ1v) is 19.6. The van der Waals surface area contributed by atoms with Gasteiger partial charge in [-0.2, -0.15) is 18.4 Å². The molecule has 0 radical (unpaired) electrons. The van der Waals surface area contributed by atoms with Gasteiger partial charge in [0.25, 0.3) is 0 Å². The van der Waals surface area contributed by atoms with Crippen molar-refractivity contribution in [3.05, 3.63) is 192 Å². The van der Waals surface area contributed by atoms with Gasteiger partial charge in [-0.3, -0.25) is 0 Å². The Labute approximate surface area is 339 Å². The number of alkyl halides is 3. The molecule has 0 aliphatic carbocycles. The lowest BCUT2D eigenvalue weighted by atomic mass is 9.91. The van der Waals surface area contributed by atoms with Crippen LogP contribution in [-0.4, -0.2) is 9.13 Å². The number of aryl methyl sites for hydroxylation is 3. The van der Waals surface area contributed by atoms with Gasteiger partial charge >= 0.3 is 6.18 Å². The van der Waals surface area contributed by atoms with E-state index in [2.05, 4.69) is 97.9 Å². The molecule has 0 spiro atoms. The number of rotatable bonds is 5. The molecule has 0 fully saturated rings. The van der Waals surface area contributed by atoms with Gasteiger partial charge in [-0.1, -0.05) is 132 Å². The van der Waals surface area contributed by atoms with Crippen molar-refractivity contribution in [2.24, 2.45) is 0 Å². The average Bonchev–Trinajstić information content (AvgIpc) is 3.75. The molecule has 0 saturated carbocycles. The van der Waals surface area contributed by atoms with E-state index in [-0.39, 0.29) is 5.56 Å². The fourth-order valence-electron chi connectivity index (χ4n) is 8.81.